The van der Waals surface area contributed by atoms with Crippen LogP contribution in [0.25, 0.3) is 0 Å². The molecule has 0 saturated carbocycles. The number of hydrogen-bond donors (Lipinski definition) is 0. The molecule has 4 rings (SSSR count). The molecule has 0 atom stereocenters. The summed E-state index contributed by atoms with van der Waals surface area (Å²) in [5, 5.41) is 0. The molecule has 3 aliphatic rings. The van der Waals surface area contributed by atoms with Gasteiger partial charge in [-0.15, -0.1) is 0 Å². The third kappa shape index (κ3) is 2.68. The maximum Gasteiger partial charge on any atom is 0.243 e. The minimum Gasteiger partial charge on any atom is -0.454 e. The fourth-order valence-electron chi connectivity index (χ4n) is 3.76. The molecule has 2 fully saturated rings. The molecule has 24 heavy (non-hydrogen) atoms. The number of ether oxygens (including phenoxy) is 2. The Morgan fingerprint density at radius 2 is 1.75 bits per heavy atom. The second-order valence-corrected chi connectivity index (χ2v) is 10.9. The highest BCUT2D eigenvalue weighted by Crippen LogP contribution is 2.43. The van der Waals surface area contributed by atoms with Crippen molar-refractivity contribution >= 4 is 19.9 Å². The summed E-state index contributed by atoms with van der Waals surface area (Å²) in [5.74, 6) is 1.40. The Hall–Kier alpha value is -1.32. The van der Waals surface area contributed by atoms with E-state index in [0.29, 0.717) is 43.9 Å². The first-order valence-corrected chi connectivity index (χ1v) is 11.2. The Morgan fingerprint density at radius 1 is 1.04 bits per heavy atom. The molecule has 3 aliphatic heterocycles. The van der Waals surface area contributed by atoms with E-state index in [1.807, 2.05) is 0 Å². The summed E-state index contributed by atoms with van der Waals surface area (Å²) in [6, 6.07) is 4.61. The largest absolute Gasteiger partial charge is 0.454 e. The summed E-state index contributed by atoms with van der Waals surface area (Å²) in [7, 11) is -6.57. The van der Waals surface area contributed by atoms with Gasteiger partial charge in [0, 0.05) is 19.2 Å². The minimum atomic E-state index is -3.61. The molecule has 0 amide bonds. The highest BCUT2D eigenvalue weighted by atomic mass is 32.2. The zero-order chi connectivity index (χ0) is 17.0. The Kier molecular flexibility index (Phi) is 3.59. The lowest BCUT2D eigenvalue weighted by Crippen LogP contribution is -2.43. The van der Waals surface area contributed by atoms with Crippen LogP contribution in [0.3, 0.4) is 0 Å². The third-order valence-corrected chi connectivity index (χ3v) is 9.01. The molecular weight excluding hydrogens is 354 g/mol. The summed E-state index contributed by atoms with van der Waals surface area (Å²) in [6.45, 7) is 0.804. The zero-order valence-electron chi connectivity index (χ0n) is 13.1. The van der Waals surface area contributed by atoms with Crippen molar-refractivity contribution in [2.24, 2.45) is 5.41 Å². The summed E-state index contributed by atoms with van der Waals surface area (Å²) in [6.07, 6.45) is 1.83. The van der Waals surface area contributed by atoms with E-state index in [2.05, 4.69) is 0 Å². The molecule has 3 heterocycles. The summed E-state index contributed by atoms with van der Waals surface area (Å²) < 4.78 is 61.1. The SMILES string of the molecule is O=S1(=O)CCC2(CCN(S(=O)(=O)c3ccc4c(c3)OCO4)CC2)C1. The molecule has 0 radical (unpaired) electrons. The second kappa shape index (κ2) is 5.34. The molecule has 1 spiro atoms. The molecule has 1 aromatic carbocycles. The monoisotopic (exact) mass is 373 g/mol. The quantitative estimate of drug-likeness (QED) is 0.768. The van der Waals surface area contributed by atoms with Gasteiger partial charge < -0.3 is 9.47 Å². The molecule has 9 heteroatoms. The Bertz CT molecular complexity index is 869. The van der Waals surface area contributed by atoms with Crippen LogP contribution in [0.2, 0.25) is 0 Å². The number of piperidine rings is 1. The summed E-state index contributed by atoms with van der Waals surface area (Å²) in [5.41, 5.74) is -0.236. The van der Waals surface area contributed by atoms with Crippen molar-refractivity contribution in [2.75, 3.05) is 31.4 Å². The molecule has 7 nitrogen and oxygen atoms in total. The van der Waals surface area contributed by atoms with Gasteiger partial charge in [-0.2, -0.15) is 4.31 Å². The van der Waals surface area contributed by atoms with Crippen LogP contribution in [0.15, 0.2) is 23.1 Å². The topological polar surface area (TPSA) is 90.0 Å². The fraction of sp³-hybridized carbons (Fsp3) is 0.600. The van der Waals surface area contributed by atoms with E-state index in [4.69, 9.17) is 9.47 Å². The average Bonchev–Trinajstić information content (AvgIpc) is 3.11. The normalized spacial score (nSPS) is 25.2. The predicted molar refractivity (Wildman–Crippen MR) is 86.3 cm³/mol. The van der Waals surface area contributed by atoms with Crippen LogP contribution in [0.1, 0.15) is 19.3 Å². The van der Waals surface area contributed by atoms with Crippen LogP contribution < -0.4 is 9.47 Å². The second-order valence-electron chi connectivity index (χ2n) is 6.76. The lowest BCUT2D eigenvalue weighted by molar-refractivity contribution is 0.173. The number of hydrogen-bond acceptors (Lipinski definition) is 6. The van der Waals surface area contributed by atoms with E-state index < -0.39 is 19.9 Å². The average molecular weight is 373 g/mol. The van der Waals surface area contributed by atoms with Crippen LogP contribution in [0, 0.1) is 5.41 Å². The summed E-state index contributed by atoms with van der Waals surface area (Å²) >= 11 is 0. The van der Waals surface area contributed by atoms with Crippen molar-refractivity contribution in [3.05, 3.63) is 18.2 Å². The number of rotatable bonds is 2. The van der Waals surface area contributed by atoms with Crippen molar-refractivity contribution in [3.63, 3.8) is 0 Å². The first kappa shape index (κ1) is 16.2. The van der Waals surface area contributed by atoms with Gasteiger partial charge in [-0.1, -0.05) is 0 Å². The first-order valence-electron chi connectivity index (χ1n) is 7.90. The van der Waals surface area contributed by atoms with Crippen LogP contribution in [-0.2, 0) is 19.9 Å². The minimum absolute atomic E-state index is 0.0968. The lowest BCUT2D eigenvalue weighted by atomic mass is 9.79. The van der Waals surface area contributed by atoms with E-state index in [9.17, 15) is 16.8 Å². The molecule has 1 aromatic rings. The standard InChI is InChI=1S/C15H19NO6S2/c17-23(18)8-5-15(10-23)3-6-16(7-4-15)24(19,20)12-1-2-13-14(9-12)22-11-21-13/h1-2,9H,3-8,10-11H2. The van der Waals surface area contributed by atoms with Gasteiger partial charge in [0.1, 0.15) is 0 Å². The Morgan fingerprint density at radius 3 is 2.42 bits per heavy atom. The van der Waals surface area contributed by atoms with Gasteiger partial charge in [0.15, 0.2) is 21.3 Å². The molecule has 0 aliphatic carbocycles. The van der Waals surface area contributed by atoms with Crippen molar-refractivity contribution in [3.8, 4) is 11.5 Å². The molecular formula is C15H19NO6S2. The van der Waals surface area contributed by atoms with Crippen molar-refractivity contribution in [2.45, 2.75) is 24.2 Å². The molecule has 0 unspecified atom stereocenters. The van der Waals surface area contributed by atoms with Crippen LogP contribution >= 0.6 is 0 Å². The Labute approximate surface area is 141 Å². The number of sulfone groups is 1. The molecule has 0 N–H and O–H groups in total. The molecule has 2 saturated heterocycles. The van der Waals surface area contributed by atoms with Gasteiger partial charge in [-0.05, 0) is 36.8 Å². The predicted octanol–water partition coefficient (Wildman–Crippen LogP) is 1.00. The van der Waals surface area contributed by atoms with Gasteiger partial charge in [-0.3, -0.25) is 0 Å². The molecule has 0 aromatic heterocycles. The number of benzene rings is 1. The lowest BCUT2D eigenvalue weighted by Gasteiger charge is -2.37. The van der Waals surface area contributed by atoms with Gasteiger partial charge in [-0.25, -0.2) is 16.8 Å². The van der Waals surface area contributed by atoms with E-state index in [-0.39, 0.29) is 28.6 Å². The van der Waals surface area contributed by atoms with Gasteiger partial charge in [0.05, 0.1) is 16.4 Å². The van der Waals surface area contributed by atoms with E-state index >= 15 is 0 Å². The van der Waals surface area contributed by atoms with Crippen LogP contribution in [0.5, 0.6) is 11.5 Å². The van der Waals surface area contributed by atoms with Gasteiger partial charge in [0.2, 0.25) is 16.8 Å². The third-order valence-electron chi connectivity index (χ3n) is 5.23. The first-order chi connectivity index (χ1) is 11.3. The maximum atomic E-state index is 12.8. The van der Waals surface area contributed by atoms with Crippen LogP contribution in [0.4, 0.5) is 0 Å². The molecule has 132 valence electrons. The molecule has 0 bridgehead atoms. The van der Waals surface area contributed by atoms with E-state index in [1.165, 1.54) is 16.4 Å². The number of nitrogens with zero attached hydrogens (tertiary/aromatic N) is 1. The maximum absolute atomic E-state index is 12.8. The smallest absolute Gasteiger partial charge is 0.243 e. The van der Waals surface area contributed by atoms with Crippen LogP contribution in [-0.4, -0.2) is 52.5 Å². The highest BCUT2D eigenvalue weighted by Gasteiger charge is 2.45. The van der Waals surface area contributed by atoms with E-state index in [0.717, 1.165) is 0 Å². The van der Waals surface area contributed by atoms with Crippen molar-refractivity contribution in [1.29, 1.82) is 0 Å². The number of sulfonamides is 1. The Balaban J connectivity index is 1.53. The van der Waals surface area contributed by atoms with E-state index in [1.54, 1.807) is 6.07 Å². The zero-order valence-corrected chi connectivity index (χ0v) is 14.7. The summed E-state index contributed by atoms with van der Waals surface area (Å²) in [4.78, 5) is 0.182. The van der Waals surface area contributed by atoms with Crippen molar-refractivity contribution in [1.82, 2.24) is 4.31 Å². The van der Waals surface area contributed by atoms with Crippen molar-refractivity contribution < 1.29 is 26.3 Å². The fourth-order valence-corrected chi connectivity index (χ4v) is 7.48. The van der Waals surface area contributed by atoms with Gasteiger partial charge in [0.25, 0.3) is 0 Å². The van der Waals surface area contributed by atoms with Gasteiger partial charge >= 0.3 is 0 Å². The number of fused-ring (bicyclic) bond motifs is 1. The highest BCUT2D eigenvalue weighted by molar-refractivity contribution is 7.91.